The van der Waals surface area contributed by atoms with E-state index in [0.29, 0.717) is 5.02 Å². The highest BCUT2D eigenvalue weighted by Gasteiger charge is 2.06. The van der Waals surface area contributed by atoms with Crippen LogP contribution in [0.3, 0.4) is 0 Å². The van der Waals surface area contributed by atoms with Crippen molar-refractivity contribution in [3.8, 4) is 11.6 Å². The molecule has 0 fully saturated rings. The van der Waals surface area contributed by atoms with Crippen molar-refractivity contribution in [2.75, 3.05) is 0 Å². The van der Waals surface area contributed by atoms with Crippen molar-refractivity contribution >= 4 is 11.6 Å². The molecule has 78 valence electrons. The number of rotatable bonds is 2. The van der Waals surface area contributed by atoms with Crippen LogP contribution in [0, 0.1) is 0 Å². The van der Waals surface area contributed by atoms with Gasteiger partial charge < -0.3 is 5.11 Å². The molecular formula is C10H10ClN3O. The minimum atomic E-state index is -0.0907. The van der Waals surface area contributed by atoms with Crippen molar-refractivity contribution in [3.05, 3.63) is 35.0 Å². The molecular weight excluding hydrogens is 214 g/mol. The lowest BCUT2D eigenvalue weighted by Gasteiger charge is -2.06. The fraction of sp³-hybridized carbons (Fsp3) is 0.200. The molecule has 0 amide bonds. The molecule has 0 radical (unpaired) electrons. The van der Waals surface area contributed by atoms with Crippen LogP contribution in [0.25, 0.3) is 5.69 Å². The zero-order chi connectivity index (χ0) is 10.8. The van der Waals surface area contributed by atoms with Crippen LogP contribution in [-0.4, -0.2) is 20.1 Å². The second kappa shape index (κ2) is 3.90. The number of halogens is 1. The van der Waals surface area contributed by atoms with Crippen LogP contribution in [-0.2, 0) is 6.42 Å². The van der Waals surface area contributed by atoms with Gasteiger partial charge in [0.2, 0.25) is 0 Å². The standard InChI is InChI=1S/C10H10ClN3O/c1-2-7-5-8(11)3-4-9(7)14-6-10(15)12-13-14/h3-6,15H,2H2,1H3. The summed E-state index contributed by atoms with van der Waals surface area (Å²) in [7, 11) is 0. The second-order valence-electron chi connectivity index (χ2n) is 3.15. The summed E-state index contributed by atoms with van der Waals surface area (Å²) < 4.78 is 1.53. The van der Waals surface area contributed by atoms with E-state index in [4.69, 9.17) is 16.7 Å². The average molecular weight is 224 g/mol. The van der Waals surface area contributed by atoms with Crippen LogP contribution >= 0.6 is 11.6 Å². The smallest absolute Gasteiger partial charge is 0.251 e. The molecule has 0 bridgehead atoms. The van der Waals surface area contributed by atoms with E-state index in [1.54, 1.807) is 6.07 Å². The van der Waals surface area contributed by atoms with E-state index in [2.05, 4.69) is 10.3 Å². The molecule has 0 atom stereocenters. The Morgan fingerprint density at radius 1 is 1.47 bits per heavy atom. The fourth-order valence-corrected chi connectivity index (χ4v) is 1.63. The van der Waals surface area contributed by atoms with E-state index in [0.717, 1.165) is 17.7 Å². The van der Waals surface area contributed by atoms with Crippen molar-refractivity contribution in [3.63, 3.8) is 0 Å². The fourth-order valence-electron chi connectivity index (χ4n) is 1.43. The van der Waals surface area contributed by atoms with E-state index in [-0.39, 0.29) is 5.88 Å². The lowest BCUT2D eigenvalue weighted by Crippen LogP contribution is -1.99. The highest BCUT2D eigenvalue weighted by Crippen LogP contribution is 2.20. The second-order valence-corrected chi connectivity index (χ2v) is 3.58. The third-order valence-corrected chi connectivity index (χ3v) is 2.39. The molecule has 1 aromatic carbocycles. The maximum Gasteiger partial charge on any atom is 0.251 e. The van der Waals surface area contributed by atoms with Crippen LogP contribution in [0.2, 0.25) is 5.02 Å². The molecule has 0 unspecified atom stereocenters. The first-order valence-corrected chi connectivity index (χ1v) is 4.98. The van der Waals surface area contributed by atoms with Crippen LogP contribution in [0.5, 0.6) is 5.88 Å². The third-order valence-electron chi connectivity index (χ3n) is 2.15. The van der Waals surface area contributed by atoms with Crippen molar-refractivity contribution in [1.29, 1.82) is 0 Å². The third kappa shape index (κ3) is 1.94. The molecule has 0 saturated heterocycles. The SMILES string of the molecule is CCc1cc(Cl)ccc1-n1cc(O)nn1. The molecule has 0 aliphatic rings. The summed E-state index contributed by atoms with van der Waals surface area (Å²) in [5, 5.41) is 17.1. The van der Waals surface area contributed by atoms with E-state index >= 15 is 0 Å². The van der Waals surface area contributed by atoms with Crippen molar-refractivity contribution in [2.45, 2.75) is 13.3 Å². The zero-order valence-electron chi connectivity index (χ0n) is 8.18. The number of aryl methyl sites for hydroxylation is 1. The minimum Gasteiger partial charge on any atom is -0.491 e. The van der Waals surface area contributed by atoms with Gasteiger partial charge in [0.15, 0.2) is 0 Å². The van der Waals surface area contributed by atoms with Gasteiger partial charge in [-0.05, 0) is 30.2 Å². The minimum absolute atomic E-state index is 0.0907. The highest BCUT2D eigenvalue weighted by molar-refractivity contribution is 6.30. The molecule has 1 heterocycles. The highest BCUT2D eigenvalue weighted by atomic mass is 35.5. The molecule has 0 spiro atoms. The maximum absolute atomic E-state index is 9.11. The number of nitrogens with zero attached hydrogens (tertiary/aromatic N) is 3. The summed E-state index contributed by atoms with van der Waals surface area (Å²) in [6.07, 6.45) is 2.30. The first-order chi connectivity index (χ1) is 7.20. The van der Waals surface area contributed by atoms with Gasteiger partial charge in [-0.3, -0.25) is 0 Å². The van der Waals surface area contributed by atoms with E-state index < -0.39 is 0 Å². The predicted octanol–water partition coefficient (Wildman–Crippen LogP) is 2.19. The molecule has 1 N–H and O–H groups in total. The molecule has 2 rings (SSSR count). The Labute approximate surface area is 92.1 Å². The number of hydrogen-bond donors (Lipinski definition) is 1. The topological polar surface area (TPSA) is 50.9 Å². The van der Waals surface area contributed by atoms with Crippen LogP contribution in [0.15, 0.2) is 24.4 Å². The zero-order valence-corrected chi connectivity index (χ0v) is 8.94. The van der Waals surface area contributed by atoms with Gasteiger partial charge >= 0.3 is 0 Å². The molecule has 15 heavy (non-hydrogen) atoms. The Bertz CT molecular complexity index is 481. The lowest BCUT2D eigenvalue weighted by molar-refractivity contribution is 0.452. The number of aromatic nitrogens is 3. The monoisotopic (exact) mass is 223 g/mol. The summed E-state index contributed by atoms with van der Waals surface area (Å²) in [5.41, 5.74) is 1.95. The summed E-state index contributed by atoms with van der Waals surface area (Å²) in [4.78, 5) is 0. The van der Waals surface area contributed by atoms with Crippen LogP contribution in [0.4, 0.5) is 0 Å². The van der Waals surface area contributed by atoms with Gasteiger partial charge in [0, 0.05) is 5.02 Å². The van der Waals surface area contributed by atoms with Gasteiger partial charge in [0.05, 0.1) is 11.9 Å². The number of aromatic hydroxyl groups is 1. The van der Waals surface area contributed by atoms with Gasteiger partial charge in [-0.25, -0.2) is 4.68 Å². The first kappa shape index (κ1) is 9.98. The van der Waals surface area contributed by atoms with Gasteiger partial charge in [-0.1, -0.05) is 28.8 Å². The number of hydrogen-bond acceptors (Lipinski definition) is 3. The van der Waals surface area contributed by atoms with E-state index in [1.165, 1.54) is 10.9 Å². The van der Waals surface area contributed by atoms with Gasteiger partial charge in [0.1, 0.15) is 0 Å². The van der Waals surface area contributed by atoms with E-state index in [1.807, 2.05) is 19.1 Å². The Morgan fingerprint density at radius 2 is 2.27 bits per heavy atom. The lowest BCUT2D eigenvalue weighted by atomic mass is 10.1. The van der Waals surface area contributed by atoms with Gasteiger partial charge in [0.25, 0.3) is 5.88 Å². The van der Waals surface area contributed by atoms with Crippen LogP contribution in [0.1, 0.15) is 12.5 Å². The normalized spacial score (nSPS) is 10.5. The largest absolute Gasteiger partial charge is 0.491 e. The van der Waals surface area contributed by atoms with Crippen LogP contribution < -0.4 is 0 Å². The summed E-state index contributed by atoms with van der Waals surface area (Å²) in [5.74, 6) is -0.0907. The Morgan fingerprint density at radius 3 is 2.87 bits per heavy atom. The molecule has 2 aromatic rings. The molecule has 0 saturated carbocycles. The molecule has 1 aromatic heterocycles. The molecule has 5 heteroatoms. The van der Waals surface area contributed by atoms with Gasteiger partial charge in [-0.15, -0.1) is 0 Å². The van der Waals surface area contributed by atoms with Crippen molar-refractivity contribution < 1.29 is 5.11 Å². The summed E-state index contributed by atoms with van der Waals surface area (Å²) in [6.45, 7) is 2.03. The summed E-state index contributed by atoms with van der Waals surface area (Å²) >= 11 is 5.89. The molecule has 0 aliphatic heterocycles. The molecule has 0 aliphatic carbocycles. The average Bonchev–Trinajstić information content (AvgIpc) is 2.64. The maximum atomic E-state index is 9.11. The predicted molar refractivity (Wildman–Crippen MR) is 57.4 cm³/mol. The molecule has 4 nitrogen and oxygen atoms in total. The summed E-state index contributed by atoms with van der Waals surface area (Å²) in [6, 6.07) is 5.53. The van der Waals surface area contributed by atoms with Gasteiger partial charge in [-0.2, -0.15) is 0 Å². The number of benzene rings is 1. The van der Waals surface area contributed by atoms with E-state index in [9.17, 15) is 0 Å². The first-order valence-electron chi connectivity index (χ1n) is 4.61. The Balaban J connectivity index is 2.52. The Kier molecular flexibility index (Phi) is 2.60. The Hall–Kier alpha value is -1.55. The van der Waals surface area contributed by atoms with Crippen molar-refractivity contribution in [2.24, 2.45) is 0 Å². The quantitative estimate of drug-likeness (QED) is 0.849. The van der Waals surface area contributed by atoms with Crippen molar-refractivity contribution in [1.82, 2.24) is 15.0 Å².